The van der Waals surface area contributed by atoms with Crippen molar-refractivity contribution in [3.8, 4) is 0 Å². The third-order valence-corrected chi connectivity index (χ3v) is 4.37. The molecule has 2 aromatic rings. The first-order valence-electron chi connectivity index (χ1n) is 7.53. The summed E-state index contributed by atoms with van der Waals surface area (Å²) in [5, 5.41) is 0. The predicted molar refractivity (Wildman–Crippen MR) is 89.6 cm³/mol. The lowest BCUT2D eigenvalue weighted by atomic mass is 10.1. The standard InChI is InChI=1S/C18H18N4/c1-13-5-3-4-6-15(13)12-22-17-7-8-19-11-16(17)14(2)21-10-9-20-18(21)22/h3-8,11H,2,9-10,12H2,1H3. The van der Waals surface area contributed by atoms with Crippen LogP contribution < -0.4 is 4.90 Å². The Hall–Kier alpha value is -2.62. The van der Waals surface area contributed by atoms with Gasteiger partial charge in [-0.05, 0) is 24.1 Å². The number of hydrogen-bond acceptors (Lipinski definition) is 4. The van der Waals surface area contributed by atoms with Gasteiger partial charge in [0.25, 0.3) is 0 Å². The van der Waals surface area contributed by atoms with Crippen LogP contribution in [0.3, 0.4) is 0 Å². The molecular weight excluding hydrogens is 272 g/mol. The monoisotopic (exact) mass is 290 g/mol. The van der Waals surface area contributed by atoms with Gasteiger partial charge in [0.2, 0.25) is 5.96 Å². The molecule has 0 bridgehead atoms. The molecule has 0 atom stereocenters. The molecule has 0 spiro atoms. The van der Waals surface area contributed by atoms with E-state index in [0.717, 1.165) is 42.5 Å². The molecule has 4 heteroatoms. The molecule has 1 aromatic heterocycles. The fraction of sp³-hybridized carbons (Fsp3) is 0.222. The molecule has 2 aliphatic heterocycles. The lowest BCUT2D eigenvalue weighted by Gasteiger charge is -2.38. The Balaban J connectivity index is 1.81. The van der Waals surface area contributed by atoms with Crippen molar-refractivity contribution in [3.05, 3.63) is 66.0 Å². The van der Waals surface area contributed by atoms with Gasteiger partial charge in [-0.3, -0.25) is 9.98 Å². The van der Waals surface area contributed by atoms with Crippen LogP contribution in [0.25, 0.3) is 5.70 Å². The van der Waals surface area contributed by atoms with Crippen LogP contribution in [0.1, 0.15) is 16.7 Å². The molecule has 0 fully saturated rings. The number of benzene rings is 1. The average molecular weight is 290 g/mol. The maximum absolute atomic E-state index is 4.70. The number of aromatic nitrogens is 1. The van der Waals surface area contributed by atoms with E-state index >= 15 is 0 Å². The predicted octanol–water partition coefficient (Wildman–Crippen LogP) is 3.05. The maximum Gasteiger partial charge on any atom is 0.206 e. The number of pyridine rings is 1. The number of hydrogen-bond donors (Lipinski definition) is 0. The summed E-state index contributed by atoms with van der Waals surface area (Å²) in [5.74, 6) is 1.01. The summed E-state index contributed by atoms with van der Waals surface area (Å²) in [6, 6.07) is 10.6. The third kappa shape index (κ3) is 1.91. The van der Waals surface area contributed by atoms with Crippen molar-refractivity contribution in [2.75, 3.05) is 18.0 Å². The summed E-state index contributed by atoms with van der Waals surface area (Å²) < 4.78 is 0. The Kier molecular flexibility index (Phi) is 2.96. The van der Waals surface area contributed by atoms with E-state index in [0.29, 0.717) is 0 Å². The van der Waals surface area contributed by atoms with Crippen LogP contribution in [0.5, 0.6) is 0 Å². The number of fused-ring (bicyclic) bond motifs is 2. The summed E-state index contributed by atoms with van der Waals surface area (Å²) in [6.45, 7) is 8.92. The van der Waals surface area contributed by atoms with Crippen molar-refractivity contribution in [1.29, 1.82) is 0 Å². The summed E-state index contributed by atoms with van der Waals surface area (Å²) in [6.07, 6.45) is 3.74. The van der Waals surface area contributed by atoms with E-state index in [1.165, 1.54) is 11.1 Å². The zero-order chi connectivity index (χ0) is 15.1. The van der Waals surface area contributed by atoms with Gasteiger partial charge in [0.05, 0.1) is 18.8 Å². The van der Waals surface area contributed by atoms with Crippen molar-refractivity contribution in [1.82, 2.24) is 9.88 Å². The van der Waals surface area contributed by atoms with Gasteiger partial charge in [-0.25, -0.2) is 0 Å². The minimum atomic E-state index is 0.812. The zero-order valence-electron chi connectivity index (χ0n) is 12.7. The van der Waals surface area contributed by atoms with Gasteiger partial charge >= 0.3 is 0 Å². The van der Waals surface area contributed by atoms with E-state index in [9.17, 15) is 0 Å². The Labute approximate surface area is 130 Å². The number of guanidine groups is 1. The van der Waals surface area contributed by atoms with E-state index in [1.54, 1.807) is 0 Å². The molecule has 110 valence electrons. The van der Waals surface area contributed by atoms with Gasteiger partial charge in [0.15, 0.2) is 0 Å². The van der Waals surface area contributed by atoms with Gasteiger partial charge in [-0.1, -0.05) is 30.8 Å². The van der Waals surface area contributed by atoms with Gasteiger partial charge in [0.1, 0.15) is 0 Å². The minimum absolute atomic E-state index is 0.812. The van der Waals surface area contributed by atoms with Gasteiger partial charge in [-0.15, -0.1) is 0 Å². The average Bonchev–Trinajstić information content (AvgIpc) is 3.03. The summed E-state index contributed by atoms with van der Waals surface area (Å²) in [7, 11) is 0. The highest BCUT2D eigenvalue weighted by atomic mass is 15.4. The first kappa shape index (κ1) is 13.1. The number of aryl methyl sites for hydroxylation is 1. The van der Waals surface area contributed by atoms with Crippen molar-refractivity contribution in [2.24, 2.45) is 4.99 Å². The molecule has 0 radical (unpaired) electrons. The third-order valence-electron chi connectivity index (χ3n) is 4.37. The highest BCUT2D eigenvalue weighted by molar-refractivity contribution is 6.07. The lowest BCUT2D eigenvalue weighted by Crippen LogP contribution is -2.44. The van der Waals surface area contributed by atoms with E-state index < -0.39 is 0 Å². The summed E-state index contributed by atoms with van der Waals surface area (Å²) in [5.41, 5.74) is 5.84. The highest BCUT2D eigenvalue weighted by Gasteiger charge is 2.33. The van der Waals surface area contributed by atoms with E-state index in [4.69, 9.17) is 4.99 Å². The fourth-order valence-electron chi connectivity index (χ4n) is 3.13. The van der Waals surface area contributed by atoms with Crippen LogP contribution in [-0.2, 0) is 6.54 Å². The molecule has 0 saturated heterocycles. The SMILES string of the molecule is C=C1c2cnccc2N(Cc2ccccc2C)C2=NCCN12. The van der Waals surface area contributed by atoms with Crippen molar-refractivity contribution >= 4 is 17.3 Å². The summed E-state index contributed by atoms with van der Waals surface area (Å²) in [4.78, 5) is 13.4. The molecule has 22 heavy (non-hydrogen) atoms. The Morgan fingerprint density at radius 3 is 2.95 bits per heavy atom. The van der Waals surface area contributed by atoms with E-state index in [-0.39, 0.29) is 0 Å². The normalized spacial score (nSPS) is 16.4. The molecule has 4 nitrogen and oxygen atoms in total. The van der Waals surface area contributed by atoms with Crippen LogP contribution in [-0.4, -0.2) is 28.9 Å². The molecule has 0 N–H and O–H groups in total. The largest absolute Gasteiger partial charge is 0.310 e. The smallest absolute Gasteiger partial charge is 0.206 e. The molecule has 1 aromatic carbocycles. The highest BCUT2D eigenvalue weighted by Crippen LogP contribution is 2.36. The van der Waals surface area contributed by atoms with Crippen molar-refractivity contribution in [3.63, 3.8) is 0 Å². The van der Waals surface area contributed by atoms with E-state index in [1.807, 2.05) is 12.4 Å². The molecule has 3 heterocycles. The Morgan fingerprint density at radius 1 is 1.23 bits per heavy atom. The number of aliphatic imine (C=N–C) groups is 1. The van der Waals surface area contributed by atoms with E-state index in [2.05, 4.69) is 58.6 Å². The quantitative estimate of drug-likeness (QED) is 0.852. The van der Waals surface area contributed by atoms with Crippen LogP contribution in [0.15, 0.2) is 54.3 Å². The molecule has 2 aliphatic rings. The molecular formula is C18H18N4. The lowest BCUT2D eigenvalue weighted by molar-refractivity contribution is 0.613. The van der Waals surface area contributed by atoms with Gasteiger partial charge < -0.3 is 9.80 Å². The topological polar surface area (TPSA) is 31.7 Å². The molecule has 0 unspecified atom stereocenters. The second-order valence-electron chi connectivity index (χ2n) is 5.69. The molecule has 4 rings (SSSR count). The van der Waals surface area contributed by atoms with Crippen LogP contribution >= 0.6 is 0 Å². The number of rotatable bonds is 2. The Bertz CT molecular complexity index is 778. The molecule has 0 aliphatic carbocycles. The van der Waals surface area contributed by atoms with Crippen molar-refractivity contribution in [2.45, 2.75) is 13.5 Å². The second kappa shape index (κ2) is 4.98. The first-order valence-corrected chi connectivity index (χ1v) is 7.53. The summed E-state index contributed by atoms with van der Waals surface area (Å²) >= 11 is 0. The van der Waals surface area contributed by atoms with Crippen LogP contribution in [0, 0.1) is 6.92 Å². The molecule has 0 amide bonds. The van der Waals surface area contributed by atoms with Gasteiger partial charge in [-0.2, -0.15) is 0 Å². The van der Waals surface area contributed by atoms with Gasteiger partial charge in [0, 0.05) is 30.2 Å². The Morgan fingerprint density at radius 2 is 2.09 bits per heavy atom. The fourth-order valence-corrected chi connectivity index (χ4v) is 3.13. The van der Waals surface area contributed by atoms with Crippen LogP contribution in [0.4, 0.5) is 5.69 Å². The number of anilines is 1. The zero-order valence-corrected chi connectivity index (χ0v) is 12.7. The maximum atomic E-state index is 4.70. The minimum Gasteiger partial charge on any atom is -0.310 e. The second-order valence-corrected chi connectivity index (χ2v) is 5.69. The van der Waals surface area contributed by atoms with Crippen LogP contribution in [0.2, 0.25) is 0 Å². The van der Waals surface area contributed by atoms with Crippen molar-refractivity contribution < 1.29 is 0 Å². The first-order chi connectivity index (χ1) is 10.8. The number of nitrogens with zero attached hydrogens (tertiary/aromatic N) is 4. The molecule has 0 saturated carbocycles.